The topological polar surface area (TPSA) is 96.0 Å². The van der Waals surface area contributed by atoms with Crippen LogP contribution >= 0.6 is 0 Å². The lowest BCUT2D eigenvalue weighted by atomic mass is 10.0. The Morgan fingerprint density at radius 2 is 1.76 bits per heavy atom. The average molecular weight is 467 g/mol. The maximum absolute atomic E-state index is 13.4. The molecule has 0 aliphatic carbocycles. The number of ether oxygens (including phenoxy) is 1. The molecule has 0 spiro atoms. The standard InChI is InChI=1S/C25H26FN3O5/c1-2-34-25(33)16-6-8-20(9-7-16)29-22(30)15-21(24(29)32)27-19-10-12-28(13-11-19)23(31)17-4-3-5-18(26)14-17/h3-9,14,19,21,27H,2,10-13,15H2,1H3. The van der Waals surface area contributed by atoms with Crippen molar-refractivity contribution < 1.29 is 28.3 Å². The van der Waals surface area contributed by atoms with Gasteiger partial charge in [0.15, 0.2) is 0 Å². The first-order valence-electron chi connectivity index (χ1n) is 11.3. The molecule has 1 unspecified atom stereocenters. The Balaban J connectivity index is 1.33. The summed E-state index contributed by atoms with van der Waals surface area (Å²) in [5.74, 6) is -1.79. The molecule has 2 heterocycles. The zero-order valence-corrected chi connectivity index (χ0v) is 18.8. The first-order chi connectivity index (χ1) is 16.4. The molecule has 2 aromatic rings. The molecule has 8 nitrogen and oxygen atoms in total. The number of hydrogen-bond donors (Lipinski definition) is 1. The monoisotopic (exact) mass is 467 g/mol. The minimum Gasteiger partial charge on any atom is -0.462 e. The largest absolute Gasteiger partial charge is 0.462 e. The van der Waals surface area contributed by atoms with Gasteiger partial charge in [-0.2, -0.15) is 0 Å². The van der Waals surface area contributed by atoms with Gasteiger partial charge in [-0.05, 0) is 62.2 Å². The van der Waals surface area contributed by atoms with Crippen molar-refractivity contribution in [3.8, 4) is 0 Å². The lowest BCUT2D eigenvalue weighted by Gasteiger charge is -2.33. The fraction of sp³-hybridized carbons (Fsp3) is 0.360. The zero-order valence-electron chi connectivity index (χ0n) is 18.8. The van der Waals surface area contributed by atoms with Crippen LogP contribution in [0.15, 0.2) is 48.5 Å². The van der Waals surface area contributed by atoms with E-state index < -0.39 is 17.8 Å². The summed E-state index contributed by atoms with van der Waals surface area (Å²) in [7, 11) is 0. The number of piperidine rings is 1. The third kappa shape index (κ3) is 4.99. The van der Waals surface area contributed by atoms with Crippen LogP contribution in [0, 0.1) is 5.82 Å². The van der Waals surface area contributed by atoms with E-state index in [1.54, 1.807) is 30.0 Å². The van der Waals surface area contributed by atoms with E-state index in [1.807, 2.05) is 0 Å². The highest BCUT2D eigenvalue weighted by Gasteiger charge is 2.41. The molecule has 2 aliphatic rings. The molecular weight excluding hydrogens is 441 g/mol. The number of esters is 1. The molecule has 9 heteroatoms. The molecule has 3 amide bonds. The smallest absolute Gasteiger partial charge is 0.338 e. The number of hydrogen-bond acceptors (Lipinski definition) is 6. The summed E-state index contributed by atoms with van der Waals surface area (Å²) in [6, 6.07) is 11.1. The maximum atomic E-state index is 13.4. The summed E-state index contributed by atoms with van der Waals surface area (Å²) in [6.45, 7) is 2.92. The Labute approximate surface area is 196 Å². The number of halogens is 1. The van der Waals surface area contributed by atoms with Gasteiger partial charge in [0.2, 0.25) is 5.91 Å². The number of nitrogens with one attached hydrogen (secondary N) is 1. The molecular formula is C25H26FN3O5. The van der Waals surface area contributed by atoms with Crippen molar-refractivity contribution in [2.45, 2.75) is 38.3 Å². The van der Waals surface area contributed by atoms with Gasteiger partial charge in [-0.1, -0.05) is 6.07 Å². The SMILES string of the molecule is CCOC(=O)c1ccc(N2C(=O)CC(NC3CCN(C(=O)c4cccc(F)c4)CC3)C2=O)cc1. The summed E-state index contributed by atoms with van der Waals surface area (Å²) in [4.78, 5) is 52.8. The Kier molecular flexibility index (Phi) is 7.02. The summed E-state index contributed by atoms with van der Waals surface area (Å²) < 4.78 is 18.4. The third-order valence-electron chi connectivity index (χ3n) is 6.07. The quantitative estimate of drug-likeness (QED) is 0.518. The highest BCUT2D eigenvalue weighted by molar-refractivity contribution is 6.22. The summed E-state index contributed by atoms with van der Waals surface area (Å²) in [5.41, 5.74) is 1.06. The molecule has 4 rings (SSSR count). The van der Waals surface area contributed by atoms with E-state index in [9.17, 15) is 23.6 Å². The zero-order chi connectivity index (χ0) is 24.2. The number of rotatable bonds is 6. The van der Waals surface area contributed by atoms with E-state index in [-0.39, 0.29) is 36.8 Å². The number of nitrogens with zero attached hydrogens (tertiary/aromatic N) is 2. The van der Waals surface area contributed by atoms with E-state index in [4.69, 9.17) is 4.74 Å². The third-order valence-corrected chi connectivity index (χ3v) is 6.07. The van der Waals surface area contributed by atoms with Crippen LogP contribution in [0.3, 0.4) is 0 Å². The number of benzene rings is 2. The van der Waals surface area contributed by atoms with Crippen molar-refractivity contribution in [1.29, 1.82) is 0 Å². The molecule has 0 radical (unpaired) electrons. The van der Waals surface area contributed by atoms with Gasteiger partial charge >= 0.3 is 5.97 Å². The fourth-order valence-electron chi connectivity index (χ4n) is 4.33. The lowest BCUT2D eigenvalue weighted by molar-refractivity contribution is -0.121. The van der Waals surface area contributed by atoms with Gasteiger partial charge in [-0.3, -0.25) is 14.4 Å². The van der Waals surface area contributed by atoms with E-state index >= 15 is 0 Å². The van der Waals surface area contributed by atoms with E-state index in [0.29, 0.717) is 42.7 Å². The number of carbonyl (C=O) groups is 4. The Bertz CT molecular complexity index is 1100. The van der Waals surface area contributed by atoms with Crippen LogP contribution in [0.4, 0.5) is 10.1 Å². The summed E-state index contributed by atoms with van der Waals surface area (Å²) in [5, 5.41) is 3.27. The number of amides is 3. The normalized spacial score (nSPS) is 18.9. The van der Waals surface area contributed by atoms with E-state index in [0.717, 1.165) is 4.90 Å². The summed E-state index contributed by atoms with van der Waals surface area (Å²) >= 11 is 0. The molecule has 2 saturated heterocycles. The first kappa shape index (κ1) is 23.6. The van der Waals surface area contributed by atoms with Crippen molar-refractivity contribution in [3.63, 3.8) is 0 Å². The van der Waals surface area contributed by atoms with Crippen LogP contribution < -0.4 is 10.2 Å². The van der Waals surface area contributed by atoms with Crippen molar-refractivity contribution in [2.24, 2.45) is 0 Å². The highest BCUT2D eigenvalue weighted by Crippen LogP contribution is 2.25. The molecule has 1 N–H and O–H groups in total. The number of imide groups is 1. The molecule has 2 fully saturated rings. The molecule has 1 atom stereocenters. The van der Waals surface area contributed by atoms with Gasteiger partial charge < -0.3 is 15.0 Å². The van der Waals surface area contributed by atoms with Crippen molar-refractivity contribution >= 4 is 29.4 Å². The van der Waals surface area contributed by atoms with Crippen molar-refractivity contribution in [2.75, 3.05) is 24.6 Å². The Hall–Kier alpha value is -3.59. The van der Waals surface area contributed by atoms with Crippen LogP contribution in [-0.2, 0) is 14.3 Å². The van der Waals surface area contributed by atoms with Crippen LogP contribution in [0.2, 0.25) is 0 Å². The molecule has 2 aromatic carbocycles. The van der Waals surface area contributed by atoms with Gasteiger partial charge in [0.05, 0.1) is 30.3 Å². The molecule has 2 aliphatic heterocycles. The van der Waals surface area contributed by atoms with Gasteiger partial charge in [0, 0.05) is 24.7 Å². The van der Waals surface area contributed by atoms with E-state index in [1.165, 1.54) is 30.3 Å². The minimum absolute atomic E-state index is 0.0237. The molecule has 0 bridgehead atoms. The Morgan fingerprint density at radius 1 is 1.06 bits per heavy atom. The van der Waals surface area contributed by atoms with Crippen molar-refractivity contribution in [3.05, 3.63) is 65.5 Å². The predicted octanol–water partition coefficient (Wildman–Crippen LogP) is 2.53. The second-order valence-corrected chi connectivity index (χ2v) is 8.33. The van der Waals surface area contributed by atoms with Gasteiger partial charge in [0.25, 0.3) is 11.8 Å². The van der Waals surface area contributed by atoms with Crippen LogP contribution in [-0.4, -0.2) is 60.4 Å². The maximum Gasteiger partial charge on any atom is 0.338 e. The second-order valence-electron chi connectivity index (χ2n) is 8.33. The number of anilines is 1. The van der Waals surface area contributed by atoms with Gasteiger partial charge in [-0.15, -0.1) is 0 Å². The van der Waals surface area contributed by atoms with Crippen LogP contribution in [0.5, 0.6) is 0 Å². The molecule has 0 saturated carbocycles. The predicted molar refractivity (Wildman–Crippen MR) is 122 cm³/mol. The molecule has 0 aromatic heterocycles. The van der Waals surface area contributed by atoms with Gasteiger partial charge in [0.1, 0.15) is 5.82 Å². The second kappa shape index (κ2) is 10.1. The molecule has 34 heavy (non-hydrogen) atoms. The minimum atomic E-state index is -0.646. The van der Waals surface area contributed by atoms with Gasteiger partial charge in [-0.25, -0.2) is 14.1 Å². The number of carbonyl (C=O) groups excluding carboxylic acids is 4. The summed E-state index contributed by atoms with van der Waals surface area (Å²) in [6.07, 6.45) is 1.28. The molecule has 178 valence electrons. The van der Waals surface area contributed by atoms with Crippen molar-refractivity contribution in [1.82, 2.24) is 10.2 Å². The average Bonchev–Trinajstić information content (AvgIpc) is 3.12. The lowest BCUT2D eigenvalue weighted by Crippen LogP contribution is -2.49. The highest BCUT2D eigenvalue weighted by atomic mass is 19.1. The number of likely N-dealkylation sites (tertiary alicyclic amines) is 1. The first-order valence-corrected chi connectivity index (χ1v) is 11.3. The van der Waals surface area contributed by atoms with E-state index in [2.05, 4.69) is 5.32 Å². The van der Waals surface area contributed by atoms with Crippen LogP contribution in [0.1, 0.15) is 46.9 Å². The van der Waals surface area contributed by atoms with Crippen LogP contribution in [0.25, 0.3) is 0 Å². The fourth-order valence-corrected chi connectivity index (χ4v) is 4.33. The Morgan fingerprint density at radius 3 is 2.41 bits per heavy atom.